The molecule has 3 rings (SSSR count). The molecular weight excluding hydrogens is 589 g/mol. The lowest BCUT2D eigenvalue weighted by Gasteiger charge is -2.23. The van der Waals surface area contributed by atoms with Crippen LogP contribution in [0, 0.1) is 12.3 Å². The van der Waals surface area contributed by atoms with Gasteiger partial charge in [0.1, 0.15) is 11.1 Å². The highest BCUT2D eigenvalue weighted by molar-refractivity contribution is 14.1. The van der Waals surface area contributed by atoms with Crippen LogP contribution >= 0.6 is 33.9 Å². The Balaban J connectivity index is 1.59. The quantitative estimate of drug-likeness (QED) is 0.126. The Morgan fingerprint density at radius 3 is 2.86 bits per heavy atom. The minimum atomic E-state index is -0.461. The number of ether oxygens (including phenoxy) is 1. The van der Waals surface area contributed by atoms with Crippen LogP contribution in [-0.2, 0) is 22.4 Å². The number of nitrogens with one attached hydrogen (secondary N) is 2. The van der Waals surface area contributed by atoms with Crippen molar-refractivity contribution in [2.45, 2.75) is 55.5 Å². The lowest BCUT2D eigenvalue weighted by atomic mass is 9.93. The Morgan fingerprint density at radius 1 is 1.44 bits per heavy atom. The van der Waals surface area contributed by atoms with Crippen molar-refractivity contribution in [3.05, 3.63) is 57.9 Å². The fourth-order valence-corrected chi connectivity index (χ4v) is 5.72. The van der Waals surface area contributed by atoms with E-state index in [1.54, 1.807) is 19.4 Å². The number of anilines is 1. The molecule has 0 spiro atoms. The van der Waals surface area contributed by atoms with Crippen molar-refractivity contribution in [3.63, 3.8) is 0 Å². The van der Waals surface area contributed by atoms with Crippen LogP contribution in [0.4, 0.5) is 9.80 Å². The van der Waals surface area contributed by atoms with E-state index < -0.39 is 6.09 Å². The Hall–Kier alpha value is -2.62. The van der Waals surface area contributed by atoms with Crippen molar-refractivity contribution in [1.82, 2.24) is 15.3 Å². The van der Waals surface area contributed by atoms with E-state index in [1.165, 1.54) is 16.3 Å². The van der Waals surface area contributed by atoms with E-state index in [9.17, 15) is 9.59 Å². The Bertz CT molecular complexity index is 1140. The van der Waals surface area contributed by atoms with Crippen LogP contribution in [0.25, 0.3) is 0 Å². The van der Waals surface area contributed by atoms with Crippen LogP contribution in [-0.4, -0.2) is 45.6 Å². The first kappa shape index (κ1) is 28.0. The normalized spacial score (nSPS) is 16.8. The van der Waals surface area contributed by atoms with Gasteiger partial charge in [0, 0.05) is 59.2 Å². The number of aromatic nitrogens is 1. The summed E-state index contributed by atoms with van der Waals surface area (Å²) >= 11 is 3.74. The monoisotopic (exact) mass is 621 g/mol. The summed E-state index contributed by atoms with van der Waals surface area (Å²) in [6.07, 6.45) is 10.9. The van der Waals surface area contributed by atoms with Gasteiger partial charge in [-0.25, -0.2) is 10.6 Å². The van der Waals surface area contributed by atoms with Crippen LogP contribution in [0.3, 0.4) is 0 Å². The Morgan fingerprint density at radius 2 is 2.22 bits per heavy atom. The van der Waals surface area contributed by atoms with Crippen LogP contribution < -0.4 is 16.5 Å². The summed E-state index contributed by atoms with van der Waals surface area (Å²) < 4.78 is 5.89. The number of pyridine rings is 1. The first-order valence-corrected chi connectivity index (χ1v) is 13.8. The maximum atomic E-state index is 12.7. The molecule has 8 nitrogen and oxygen atoms in total. The molecule has 3 unspecified atom stereocenters. The number of alkyl halides is 1. The van der Waals surface area contributed by atoms with Gasteiger partial charge in [-0.15, -0.1) is 17.8 Å². The number of alkyl carbamates (subject to hydrolysis) is 1. The molecule has 3 atom stereocenters. The van der Waals surface area contributed by atoms with Crippen molar-refractivity contribution < 1.29 is 14.3 Å². The van der Waals surface area contributed by atoms with E-state index in [0.717, 1.165) is 27.3 Å². The van der Waals surface area contributed by atoms with Gasteiger partial charge in [0.25, 0.3) is 0 Å². The van der Waals surface area contributed by atoms with Gasteiger partial charge in [-0.3, -0.25) is 9.78 Å². The number of thiophene rings is 1. The summed E-state index contributed by atoms with van der Waals surface area (Å²) in [7, 11) is 1.74. The number of halogens is 1. The predicted octanol–water partition coefficient (Wildman–Crippen LogP) is 4.35. The van der Waals surface area contributed by atoms with Crippen LogP contribution in [0.15, 0.2) is 36.2 Å². The van der Waals surface area contributed by atoms with E-state index in [0.29, 0.717) is 37.2 Å². The fraction of sp³-hybridized carbons (Fsp3) is 0.423. The number of hydrogen-bond acceptors (Lipinski definition) is 7. The molecule has 36 heavy (non-hydrogen) atoms. The first-order valence-electron chi connectivity index (χ1n) is 11.8. The third-order valence-corrected chi connectivity index (χ3v) is 7.86. The molecule has 0 fully saturated rings. The number of rotatable bonds is 9. The molecule has 0 radical (unpaired) electrons. The number of amides is 2. The number of hydrazine groups is 1. The Labute approximate surface area is 230 Å². The smallest absolute Gasteiger partial charge is 0.407 e. The molecule has 0 saturated heterocycles. The lowest BCUT2D eigenvalue weighted by Crippen LogP contribution is -2.34. The zero-order valence-electron chi connectivity index (χ0n) is 20.7. The van der Waals surface area contributed by atoms with Gasteiger partial charge in [0.05, 0.1) is 5.56 Å². The molecular formula is C26H32IN5O3S. The topological polar surface area (TPSA) is 110 Å². The molecule has 2 heterocycles. The van der Waals surface area contributed by atoms with Crippen LogP contribution in [0.2, 0.25) is 0 Å². The van der Waals surface area contributed by atoms with Gasteiger partial charge in [-0.05, 0) is 43.0 Å². The third kappa shape index (κ3) is 7.69. The van der Waals surface area contributed by atoms with E-state index in [2.05, 4.69) is 44.1 Å². The predicted molar refractivity (Wildman–Crippen MR) is 152 cm³/mol. The number of nitrogens with two attached hydrogens (primary N) is 1. The molecule has 2 amide bonds. The Kier molecular flexibility index (Phi) is 10.2. The minimum absolute atomic E-state index is 0.0119. The molecule has 0 aromatic carbocycles. The number of fused-ring (bicyclic) bond motifs is 1. The molecule has 2 aromatic rings. The molecule has 0 aliphatic heterocycles. The van der Waals surface area contributed by atoms with Crippen LogP contribution in [0.1, 0.15) is 54.3 Å². The average Bonchev–Trinajstić information content (AvgIpc) is 3.17. The van der Waals surface area contributed by atoms with E-state index >= 15 is 0 Å². The fourth-order valence-electron chi connectivity index (χ4n) is 4.04. The molecule has 1 aliphatic carbocycles. The van der Waals surface area contributed by atoms with Crippen molar-refractivity contribution >= 4 is 50.9 Å². The van der Waals surface area contributed by atoms with Crippen molar-refractivity contribution in [2.75, 3.05) is 18.9 Å². The second-order valence-electron chi connectivity index (χ2n) is 8.87. The maximum Gasteiger partial charge on any atom is 0.407 e. The summed E-state index contributed by atoms with van der Waals surface area (Å²) in [5.74, 6) is 8.34. The third-order valence-electron chi connectivity index (χ3n) is 5.89. The summed E-state index contributed by atoms with van der Waals surface area (Å²) in [6, 6.07) is 5.69. The van der Waals surface area contributed by atoms with E-state index in [1.807, 2.05) is 32.0 Å². The zero-order valence-corrected chi connectivity index (χ0v) is 23.7. The average molecular weight is 622 g/mol. The lowest BCUT2D eigenvalue weighted by molar-refractivity contribution is -0.116. The van der Waals surface area contributed by atoms with Gasteiger partial charge in [-0.1, -0.05) is 41.5 Å². The number of nitrogens with zero attached hydrogens (tertiary/aromatic N) is 2. The van der Waals surface area contributed by atoms with E-state index in [4.69, 9.17) is 17.0 Å². The van der Waals surface area contributed by atoms with Crippen LogP contribution in [0.5, 0.6) is 0 Å². The summed E-state index contributed by atoms with van der Waals surface area (Å²) in [5.41, 5.74) is 3.65. The summed E-state index contributed by atoms with van der Waals surface area (Å²) in [4.78, 5) is 30.5. The molecule has 4 N–H and O–H groups in total. The molecule has 0 saturated carbocycles. The van der Waals surface area contributed by atoms with Crippen molar-refractivity contribution in [1.29, 1.82) is 0 Å². The van der Waals surface area contributed by atoms with Gasteiger partial charge in [0.2, 0.25) is 5.91 Å². The van der Waals surface area contributed by atoms with Crippen molar-refractivity contribution in [2.24, 2.45) is 5.84 Å². The molecule has 1 aliphatic rings. The highest BCUT2D eigenvalue weighted by Crippen LogP contribution is 2.38. The SMILES string of the molecule is C#Cc1c(NC(=O)CC(C)c2ccccn2)sc2c1CCC(OC(=O)NC/C(=C/N(C)N)C(C)I)C2. The van der Waals surface area contributed by atoms with Crippen molar-refractivity contribution in [3.8, 4) is 12.3 Å². The standard InChI is InChI=1S/C26H32IN5O3S/c1-5-20-21-10-9-19(35-26(34)30-14-18(17(3)27)15-32(4)28)13-23(21)36-25(20)31-24(33)12-16(2)22-8-6-7-11-29-22/h1,6-8,11,15-17,19H,9-10,12-14,28H2,2-4H3,(H,30,34)(H,31,33)/b18-15-. The number of hydrogen-bond donors (Lipinski definition) is 3. The van der Waals surface area contributed by atoms with Gasteiger partial charge in [-0.2, -0.15) is 0 Å². The molecule has 10 heteroatoms. The first-order chi connectivity index (χ1) is 17.2. The minimum Gasteiger partial charge on any atom is -0.446 e. The number of carbonyl (C=O) groups is 2. The van der Waals surface area contributed by atoms with Gasteiger partial charge >= 0.3 is 6.09 Å². The second-order valence-corrected chi connectivity index (χ2v) is 11.8. The molecule has 192 valence electrons. The summed E-state index contributed by atoms with van der Waals surface area (Å²) in [6.45, 7) is 4.36. The highest BCUT2D eigenvalue weighted by atomic mass is 127. The second kappa shape index (κ2) is 13.1. The molecule has 2 aromatic heterocycles. The highest BCUT2D eigenvalue weighted by Gasteiger charge is 2.28. The summed E-state index contributed by atoms with van der Waals surface area (Å²) in [5, 5.41) is 7.97. The molecule has 0 bridgehead atoms. The van der Waals surface area contributed by atoms with Gasteiger partial charge in [0.15, 0.2) is 0 Å². The van der Waals surface area contributed by atoms with E-state index in [-0.39, 0.29) is 21.9 Å². The number of terminal acetylenes is 1. The maximum absolute atomic E-state index is 12.7. The zero-order chi connectivity index (χ0) is 26.2. The number of carbonyl (C=O) groups excluding carboxylic acids is 2. The van der Waals surface area contributed by atoms with Gasteiger partial charge < -0.3 is 20.4 Å². The largest absolute Gasteiger partial charge is 0.446 e.